The molecular weight excluding hydrogens is 465 g/mol. The lowest BCUT2D eigenvalue weighted by atomic mass is 10.2. The maximum Gasteiger partial charge on any atom is 0.240 e. The van der Waals surface area contributed by atoms with E-state index in [9.17, 15) is 12.8 Å². The Hall–Kier alpha value is -3.77. The molecule has 0 bridgehead atoms. The Morgan fingerprint density at radius 2 is 1.85 bits per heavy atom. The van der Waals surface area contributed by atoms with E-state index in [2.05, 4.69) is 20.0 Å². The average molecular weight is 488 g/mol. The fraction of sp³-hybridized carbons (Fsp3) is 0.227. The highest BCUT2D eigenvalue weighted by atomic mass is 32.2. The zero-order valence-corrected chi connectivity index (χ0v) is 19.5. The SMILES string of the molecule is COc1ccc(OC)c(-c2nnc3ccc(OCCNS(=O)(=O)c4ccc(F)c(C)c4)nn23)c1. The molecule has 34 heavy (non-hydrogen) atoms. The van der Waals surface area contributed by atoms with Crippen LogP contribution in [0.3, 0.4) is 0 Å². The lowest BCUT2D eigenvalue weighted by Gasteiger charge is -2.10. The molecule has 4 rings (SSSR count). The molecule has 0 radical (unpaired) electrons. The molecule has 0 aliphatic rings. The Labute approximate surface area is 195 Å². The third kappa shape index (κ3) is 4.77. The van der Waals surface area contributed by atoms with Gasteiger partial charge < -0.3 is 14.2 Å². The molecule has 2 heterocycles. The van der Waals surface area contributed by atoms with Crippen LogP contribution in [0.2, 0.25) is 0 Å². The van der Waals surface area contributed by atoms with Gasteiger partial charge in [0.25, 0.3) is 0 Å². The number of methoxy groups -OCH3 is 2. The van der Waals surface area contributed by atoms with E-state index in [1.165, 1.54) is 23.6 Å². The Morgan fingerprint density at radius 1 is 1.03 bits per heavy atom. The highest BCUT2D eigenvalue weighted by Gasteiger charge is 2.17. The Bertz CT molecular complexity index is 1440. The summed E-state index contributed by atoms with van der Waals surface area (Å²) in [7, 11) is -0.700. The molecule has 2 aromatic heterocycles. The predicted molar refractivity (Wildman–Crippen MR) is 121 cm³/mol. The van der Waals surface area contributed by atoms with Gasteiger partial charge in [0.15, 0.2) is 11.5 Å². The second kappa shape index (κ2) is 9.61. The van der Waals surface area contributed by atoms with Crippen molar-refractivity contribution in [3.63, 3.8) is 0 Å². The van der Waals surface area contributed by atoms with Gasteiger partial charge in [-0.25, -0.2) is 17.5 Å². The van der Waals surface area contributed by atoms with E-state index in [4.69, 9.17) is 14.2 Å². The lowest BCUT2D eigenvalue weighted by Crippen LogP contribution is -2.28. The monoisotopic (exact) mass is 487 g/mol. The van der Waals surface area contributed by atoms with Crippen LogP contribution >= 0.6 is 0 Å². The number of nitrogens with one attached hydrogen (secondary N) is 1. The number of nitrogens with zero attached hydrogens (tertiary/aromatic N) is 4. The summed E-state index contributed by atoms with van der Waals surface area (Å²) < 4.78 is 58.5. The quantitative estimate of drug-likeness (QED) is 0.358. The first-order valence-corrected chi connectivity index (χ1v) is 11.6. The molecule has 0 aliphatic carbocycles. The molecule has 0 aliphatic heterocycles. The van der Waals surface area contributed by atoms with Crippen molar-refractivity contribution in [2.45, 2.75) is 11.8 Å². The first-order valence-electron chi connectivity index (χ1n) is 10.2. The number of hydrogen-bond acceptors (Lipinski definition) is 8. The number of fused-ring (bicyclic) bond motifs is 1. The van der Waals surface area contributed by atoms with E-state index in [1.54, 1.807) is 44.6 Å². The van der Waals surface area contributed by atoms with Crippen molar-refractivity contribution in [1.29, 1.82) is 0 Å². The summed E-state index contributed by atoms with van der Waals surface area (Å²) in [4.78, 5) is -0.0210. The first-order chi connectivity index (χ1) is 16.3. The van der Waals surface area contributed by atoms with Crippen molar-refractivity contribution in [2.24, 2.45) is 0 Å². The molecule has 1 N–H and O–H groups in total. The minimum atomic E-state index is -3.80. The van der Waals surface area contributed by atoms with Gasteiger partial charge in [0.2, 0.25) is 15.9 Å². The van der Waals surface area contributed by atoms with Gasteiger partial charge >= 0.3 is 0 Å². The lowest BCUT2D eigenvalue weighted by molar-refractivity contribution is 0.306. The number of ether oxygens (including phenoxy) is 3. The third-order valence-electron chi connectivity index (χ3n) is 4.97. The first kappa shape index (κ1) is 23.4. The number of benzene rings is 2. The van der Waals surface area contributed by atoms with Gasteiger partial charge in [0.05, 0.1) is 24.7 Å². The Balaban J connectivity index is 1.48. The van der Waals surface area contributed by atoms with Gasteiger partial charge in [-0.2, -0.15) is 4.52 Å². The number of aryl methyl sites for hydroxylation is 1. The molecule has 0 fully saturated rings. The van der Waals surface area contributed by atoms with Crippen LogP contribution in [-0.4, -0.2) is 55.6 Å². The number of hydrogen-bond donors (Lipinski definition) is 1. The smallest absolute Gasteiger partial charge is 0.240 e. The van der Waals surface area contributed by atoms with Crippen LogP contribution < -0.4 is 18.9 Å². The van der Waals surface area contributed by atoms with E-state index in [-0.39, 0.29) is 29.5 Å². The Kier molecular flexibility index (Phi) is 6.61. The van der Waals surface area contributed by atoms with E-state index in [0.29, 0.717) is 28.5 Å². The van der Waals surface area contributed by atoms with Crippen LogP contribution in [0.5, 0.6) is 17.4 Å². The molecule has 12 heteroatoms. The fourth-order valence-electron chi connectivity index (χ4n) is 3.21. The van der Waals surface area contributed by atoms with Crippen LogP contribution in [0.25, 0.3) is 17.0 Å². The normalized spacial score (nSPS) is 11.5. The number of rotatable bonds is 9. The largest absolute Gasteiger partial charge is 0.497 e. The zero-order chi connectivity index (χ0) is 24.3. The maximum absolute atomic E-state index is 13.4. The minimum Gasteiger partial charge on any atom is -0.497 e. The molecule has 0 atom stereocenters. The predicted octanol–water partition coefficient (Wildman–Crippen LogP) is 2.61. The van der Waals surface area contributed by atoms with Crippen molar-refractivity contribution in [1.82, 2.24) is 24.5 Å². The summed E-state index contributed by atoms with van der Waals surface area (Å²) in [6.45, 7) is 1.49. The van der Waals surface area contributed by atoms with E-state index in [0.717, 1.165) is 6.07 Å². The summed E-state index contributed by atoms with van der Waals surface area (Å²) in [5.74, 6) is 1.37. The van der Waals surface area contributed by atoms with Crippen LogP contribution in [0, 0.1) is 12.7 Å². The highest BCUT2D eigenvalue weighted by molar-refractivity contribution is 7.89. The van der Waals surface area contributed by atoms with Crippen molar-refractivity contribution in [3.05, 3.63) is 59.9 Å². The van der Waals surface area contributed by atoms with Crippen molar-refractivity contribution < 1.29 is 27.0 Å². The highest BCUT2D eigenvalue weighted by Crippen LogP contribution is 2.32. The Morgan fingerprint density at radius 3 is 2.59 bits per heavy atom. The van der Waals surface area contributed by atoms with Crippen molar-refractivity contribution >= 4 is 15.7 Å². The number of halogens is 1. The van der Waals surface area contributed by atoms with Gasteiger partial charge in [-0.3, -0.25) is 0 Å². The van der Waals surface area contributed by atoms with Crippen molar-refractivity contribution in [2.75, 3.05) is 27.4 Å². The van der Waals surface area contributed by atoms with E-state index in [1.807, 2.05) is 0 Å². The molecule has 0 unspecified atom stereocenters. The summed E-state index contributed by atoms with van der Waals surface area (Å²) in [5.41, 5.74) is 1.36. The van der Waals surface area contributed by atoms with Gasteiger partial charge in [0.1, 0.15) is 23.9 Å². The van der Waals surface area contributed by atoms with Crippen LogP contribution in [-0.2, 0) is 10.0 Å². The number of aromatic nitrogens is 4. The minimum absolute atomic E-state index is 0.0118. The van der Waals surface area contributed by atoms with Gasteiger partial charge in [-0.05, 0) is 55.0 Å². The summed E-state index contributed by atoms with van der Waals surface area (Å²) in [6, 6.07) is 12.2. The van der Waals surface area contributed by atoms with Crippen LogP contribution in [0.4, 0.5) is 4.39 Å². The van der Waals surface area contributed by atoms with Crippen LogP contribution in [0.1, 0.15) is 5.56 Å². The molecule has 0 spiro atoms. The molecule has 178 valence electrons. The third-order valence-corrected chi connectivity index (χ3v) is 6.43. The van der Waals surface area contributed by atoms with Gasteiger partial charge in [-0.15, -0.1) is 15.3 Å². The zero-order valence-electron chi connectivity index (χ0n) is 18.6. The summed E-state index contributed by atoms with van der Waals surface area (Å²) >= 11 is 0. The molecule has 2 aromatic carbocycles. The number of sulfonamides is 1. The second-order valence-electron chi connectivity index (χ2n) is 7.19. The van der Waals surface area contributed by atoms with Gasteiger partial charge in [-0.1, -0.05) is 0 Å². The molecule has 0 saturated carbocycles. The molecule has 4 aromatic rings. The van der Waals surface area contributed by atoms with E-state index < -0.39 is 15.8 Å². The van der Waals surface area contributed by atoms with Crippen molar-refractivity contribution in [3.8, 4) is 28.8 Å². The molecular formula is C22H22FN5O5S. The molecule has 0 amide bonds. The fourth-order valence-corrected chi connectivity index (χ4v) is 4.30. The maximum atomic E-state index is 13.4. The topological polar surface area (TPSA) is 117 Å². The molecule has 10 nitrogen and oxygen atoms in total. The second-order valence-corrected chi connectivity index (χ2v) is 8.96. The van der Waals surface area contributed by atoms with Gasteiger partial charge in [0, 0.05) is 12.6 Å². The van der Waals surface area contributed by atoms with Crippen LogP contribution in [0.15, 0.2) is 53.4 Å². The molecule has 0 saturated heterocycles. The average Bonchev–Trinajstić information content (AvgIpc) is 3.26. The van der Waals surface area contributed by atoms with E-state index >= 15 is 0 Å². The summed E-state index contributed by atoms with van der Waals surface area (Å²) in [5, 5.41) is 12.7. The summed E-state index contributed by atoms with van der Waals surface area (Å²) in [6.07, 6.45) is 0. The standard InChI is InChI=1S/C22H22FN5O5S/c1-14-12-16(5-6-18(14)23)34(29,30)24-10-11-33-21-9-8-20-25-26-22(28(20)27-21)17-13-15(31-2)4-7-19(17)32-3/h4-9,12-13,24H,10-11H2,1-3H3.